The van der Waals surface area contributed by atoms with Crippen LogP contribution in [0.5, 0.6) is 0 Å². The molecule has 0 aromatic rings. The van der Waals surface area contributed by atoms with Gasteiger partial charge in [-0.05, 0) is 25.7 Å². The van der Waals surface area contributed by atoms with Crippen molar-refractivity contribution in [2.24, 2.45) is 11.1 Å². The van der Waals surface area contributed by atoms with Crippen molar-refractivity contribution in [1.29, 1.82) is 0 Å². The maximum atomic E-state index is 12.2. The molecule has 0 aromatic heterocycles. The van der Waals surface area contributed by atoms with Crippen molar-refractivity contribution in [3.8, 4) is 0 Å². The summed E-state index contributed by atoms with van der Waals surface area (Å²) in [5, 5.41) is 12.1. The van der Waals surface area contributed by atoms with E-state index in [2.05, 4.69) is 5.32 Å². The van der Waals surface area contributed by atoms with Gasteiger partial charge in [-0.25, -0.2) is 0 Å². The zero-order chi connectivity index (χ0) is 14.6. The number of nitrogens with two attached hydrogens (primary N) is 1. The molecule has 1 amide bonds. The lowest BCUT2D eigenvalue weighted by atomic mass is 9.79. The number of ether oxygens (including phenoxy) is 2. The van der Waals surface area contributed by atoms with Crippen LogP contribution in [-0.2, 0) is 19.1 Å². The summed E-state index contributed by atoms with van der Waals surface area (Å²) in [6, 6.07) is 0. The average Bonchev–Trinajstić information content (AvgIpc) is 2.46. The van der Waals surface area contributed by atoms with Crippen molar-refractivity contribution in [3.05, 3.63) is 0 Å². The Hall–Kier alpha value is -1.18. The third kappa shape index (κ3) is 3.11. The minimum atomic E-state index is -0.941. The third-order valence-corrected chi connectivity index (χ3v) is 4.33. The highest BCUT2D eigenvalue weighted by atomic mass is 16.5. The Morgan fingerprint density at radius 1 is 1.05 bits per heavy atom. The molecule has 7 nitrogen and oxygen atoms in total. The van der Waals surface area contributed by atoms with Crippen molar-refractivity contribution in [2.45, 2.75) is 31.2 Å². The molecule has 0 radical (unpaired) electrons. The number of carbonyl (C=O) groups excluding carboxylic acids is 1. The molecule has 2 fully saturated rings. The Balaban J connectivity index is 1.95. The van der Waals surface area contributed by atoms with Gasteiger partial charge in [0.2, 0.25) is 5.91 Å². The quantitative estimate of drug-likeness (QED) is 0.642. The molecule has 0 unspecified atom stereocenters. The molecule has 2 aliphatic heterocycles. The molecular weight excluding hydrogens is 264 g/mol. The van der Waals surface area contributed by atoms with Crippen molar-refractivity contribution >= 4 is 11.9 Å². The number of hydrogen-bond donors (Lipinski definition) is 3. The van der Waals surface area contributed by atoms with Crippen LogP contribution in [0.15, 0.2) is 0 Å². The van der Waals surface area contributed by atoms with E-state index in [0.29, 0.717) is 52.1 Å². The van der Waals surface area contributed by atoms with Gasteiger partial charge in [0.05, 0.1) is 11.0 Å². The first-order chi connectivity index (χ1) is 9.49. The highest BCUT2D eigenvalue weighted by Crippen LogP contribution is 2.30. The van der Waals surface area contributed by atoms with Gasteiger partial charge < -0.3 is 25.6 Å². The fraction of sp³-hybridized carbons (Fsp3) is 0.846. The Morgan fingerprint density at radius 2 is 1.55 bits per heavy atom. The lowest BCUT2D eigenvalue weighted by Crippen LogP contribution is -2.59. The van der Waals surface area contributed by atoms with E-state index in [9.17, 15) is 14.7 Å². The molecule has 0 spiro atoms. The van der Waals surface area contributed by atoms with Crippen LogP contribution in [0.4, 0.5) is 0 Å². The van der Waals surface area contributed by atoms with Gasteiger partial charge in [-0.3, -0.25) is 9.59 Å². The first-order valence-corrected chi connectivity index (χ1v) is 6.95. The first-order valence-electron chi connectivity index (χ1n) is 6.95. The maximum absolute atomic E-state index is 12.2. The fourth-order valence-corrected chi connectivity index (χ4v) is 2.62. The van der Waals surface area contributed by atoms with E-state index in [0.717, 1.165) is 0 Å². The predicted molar refractivity (Wildman–Crippen MR) is 70.1 cm³/mol. The third-order valence-electron chi connectivity index (χ3n) is 4.33. The molecule has 0 aliphatic carbocycles. The van der Waals surface area contributed by atoms with E-state index in [1.54, 1.807) is 0 Å². The van der Waals surface area contributed by atoms with Crippen LogP contribution in [0, 0.1) is 5.41 Å². The molecule has 0 atom stereocenters. The summed E-state index contributed by atoms with van der Waals surface area (Å²) in [6.07, 6.45) is 1.73. The normalized spacial score (nSPS) is 24.9. The second kappa shape index (κ2) is 6.07. The largest absolute Gasteiger partial charge is 0.481 e. The Morgan fingerprint density at radius 3 is 2.05 bits per heavy atom. The number of amides is 1. The summed E-state index contributed by atoms with van der Waals surface area (Å²) in [7, 11) is 0. The monoisotopic (exact) mass is 286 g/mol. The molecule has 20 heavy (non-hydrogen) atoms. The average molecular weight is 286 g/mol. The van der Waals surface area contributed by atoms with E-state index >= 15 is 0 Å². The molecule has 0 aromatic carbocycles. The highest BCUT2D eigenvalue weighted by Gasteiger charge is 2.42. The summed E-state index contributed by atoms with van der Waals surface area (Å²) in [4.78, 5) is 23.7. The smallest absolute Gasteiger partial charge is 0.311 e. The molecular formula is C13H22N2O5. The van der Waals surface area contributed by atoms with E-state index in [1.165, 1.54) is 0 Å². The van der Waals surface area contributed by atoms with Gasteiger partial charge in [-0.1, -0.05) is 0 Å². The van der Waals surface area contributed by atoms with Gasteiger partial charge >= 0.3 is 5.97 Å². The van der Waals surface area contributed by atoms with Gasteiger partial charge in [-0.2, -0.15) is 0 Å². The van der Waals surface area contributed by atoms with Crippen molar-refractivity contribution < 1.29 is 24.2 Å². The second-order valence-electron chi connectivity index (χ2n) is 5.65. The standard InChI is InChI=1S/C13H22N2O5/c14-13(3-7-20-8-4-13)10(16)15-9-12(11(17)18)1-5-19-6-2-12/h1-9,14H2,(H,15,16)(H,17,18). The minimum absolute atomic E-state index is 0.102. The molecule has 2 saturated heterocycles. The lowest BCUT2D eigenvalue weighted by molar-refractivity contribution is -0.155. The van der Waals surface area contributed by atoms with Crippen molar-refractivity contribution in [2.75, 3.05) is 33.0 Å². The summed E-state index contributed by atoms with van der Waals surface area (Å²) in [5.74, 6) is -1.17. The van der Waals surface area contributed by atoms with Crippen molar-refractivity contribution in [3.63, 3.8) is 0 Å². The molecule has 114 valence electrons. The number of carbonyl (C=O) groups is 2. The van der Waals surface area contributed by atoms with E-state index in [-0.39, 0.29) is 12.5 Å². The number of nitrogens with one attached hydrogen (secondary N) is 1. The van der Waals surface area contributed by atoms with Crippen LogP contribution < -0.4 is 11.1 Å². The van der Waals surface area contributed by atoms with Gasteiger partial charge in [0, 0.05) is 33.0 Å². The molecule has 2 heterocycles. The fourth-order valence-electron chi connectivity index (χ4n) is 2.62. The van der Waals surface area contributed by atoms with Crippen molar-refractivity contribution in [1.82, 2.24) is 5.32 Å². The summed E-state index contributed by atoms with van der Waals surface area (Å²) >= 11 is 0. The topological polar surface area (TPSA) is 111 Å². The highest BCUT2D eigenvalue weighted by molar-refractivity contribution is 5.87. The van der Waals surface area contributed by atoms with Gasteiger partial charge in [0.1, 0.15) is 0 Å². The SMILES string of the molecule is NC1(C(=O)NCC2(C(=O)O)CCOCC2)CCOCC1. The maximum Gasteiger partial charge on any atom is 0.311 e. The molecule has 0 saturated carbocycles. The number of carboxylic acids is 1. The van der Waals surface area contributed by atoms with Gasteiger partial charge in [-0.15, -0.1) is 0 Å². The van der Waals surface area contributed by atoms with Crippen LogP contribution in [0.3, 0.4) is 0 Å². The zero-order valence-corrected chi connectivity index (χ0v) is 11.5. The molecule has 2 rings (SSSR count). The van der Waals surface area contributed by atoms with Crippen LogP contribution in [0.25, 0.3) is 0 Å². The number of rotatable bonds is 4. The number of aliphatic carboxylic acids is 1. The van der Waals surface area contributed by atoms with Crippen LogP contribution in [0.2, 0.25) is 0 Å². The Labute approximate surface area is 117 Å². The molecule has 2 aliphatic rings. The zero-order valence-electron chi connectivity index (χ0n) is 11.5. The van der Waals surface area contributed by atoms with E-state index in [1.807, 2.05) is 0 Å². The Kier molecular flexibility index (Phi) is 4.62. The predicted octanol–water partition coefficient (Wildman–Crippen LogP) is -0.508. The number of carboxylic acid groups (broad SMARTS) is 1. The van der Waals surface area contributed by atoms with Gasteiger partial charge in [0.25, 0.3) is 0 Å². The van der Waals surface area contributed by atoms with Gasteiger partial charge in [0.15, 0.2) is 0 Å². The van der Waals surface area contributed by atoms with Crippen LogP contribution >= 0.6 is 0 Å². The van der Waals surface area contributed by atoms with Crippen LogP contribution in [0.1, 0.15) is 25.7 Å². The summed E-state index contributed by atoms with van der Waals surface area (Å²) in [5.41, 5.74) is 4.20. The number of hydrogen-bond acceptors (Lipinski definition) is 5. The molecule has 0 bridgehead atoms. The second-order valence-corrected chi connectivity index (χ2v) is 5.65. The summed E-state index contributed by atoms with van der Waals surface area (Å²) < 4.78 is 10.4. The molecule has 7 heteroatoms. The van der Waals surface area contributed by atoms with E-state index < -0.39 is 16.9 Å². The first kappa shape index (κ1) is 15.2. The summed E-state index contributed by atoms with van der Waals surface area (Å²) in [6.45, 7) is 1.83. The lowest BCUT2D eigenvalue weighted by Gasteiger charge is -2.36. The van der Waals surface area contributed by atoms with Crippen LogP contribution in [-0.4, -0.2) is 55.5 Å². The molecule has 4 N–H and O–H groups in total. The van der Waals surface area contributed by atoms with E-state index in [4.69, 9.17) is 15.2 Å². The Bertz CT molecular complexity index is 373. The minimum Gasteiger partial charge on any atom is -0.481 e.